The first-order valence-corrected chi connectivity index (χ1v) is 7.20. The number of hydrogen-bond acceptors (Lipinski definition) is 4. The Bertz CT molecular complexity index is 676. The molecule has 4 nitrogen and oxygen atoms in total. The number of rotatable bonds is 5. The van der Waals surface area contributed by atoms with Gasteiger partial charge in [-0.15, -0.1) is 0 Å². The zero-order chi connectivity index (χ0) is 15.5. The average Bonchev–Trinajstić information content (AvgIpc) is 3.00. The van der Waals surface area contributed by atoms with Crippen molar-refractivity contribution in [3.8, 4) is 17.2 Å². The molecule has 0 spiro atoms. The van der Waals surface area contributed by atoms with Crippen molar-refractivity contribution in [2.75, 3.05) is 13.9 Å². The summed E-state index contributed by atoms with van der Waals surface area (Å²) in [4.78, 5) is 11.7. The van der Waals surface area contributed by atoms with Crippen molar-refractivity contribution >= 4 is 5.78 Å². The van der Waals surface area contributed by atoms with Gasteiger partial charge in [0.1, 0.15) is 11.5 Å². The summed E-state index contributed by atoms with van der Waals surface area (Å²) in [7, 11) is 1.64. The molecule has 0 N–H and O–H groups in total. The number of fused-ring (bicyclic) bond motifs is 1. The van der Waals surface area contributed by atoms with Gasteiger partial charge in [0.15, 0.2) is 11.5 Å². The van der Waals surface area contributed by atoms with Gasteiger partial charge in [0.25, 0.3) is 0 Å². The van der Waals surface area contributed by atoms with Crippen LogP contribution in [0.2, 0.25) is 0 Å². The van der Waals surface area contributed by atoms with Gasteiger partial charge in [-0.3, -0.25) is 4.79 Å². The van der Waals surface area contributed by atoms with Gasteiger partial charge in [0.2, 0.25) is 6.79 Å². The van der Waals surface area contributed by atoms with Crippen LogP contribution in [-0.2, 0) is 4.79 Å². The van der Waals surface area contributed by atoms with Crippen molar-refractivity contribution in [2.24, 2.45) is 0 Å². The smallest absolute Gasteiger partial charge is 0.231 e. The first-order chi connectivity index (χ1) is 10.7. The summed E-state index contributed by atoms with van der Waals surface area (Å²) < 4.78 is 16.0. The number of Topliss-reactive ketones (excluding diaryl/α,β-unsaturated/α-hetero) is 1. The van der Waals surface area contributed by atoms with E-state index >= 15 is 0 Å². The van der Waals surface area contributed by atoms with Crippen LogP contribution in [0.5, 0.6) is 17.2 Å². The van der Waals surface area contributed by atoms with Gasteiger partial charge < -0.3 is 14.2 Å². The van der Waals surface area contributed by atoms with Crippen LogP contribution in [0.4, 0.5) is 0 Å². The highest BCUT2D eigenvalue weighted by Crippen LogP contribution is 2.37. The zero-order valence-electron chi connectivity index (χ0n) is 12.7. The molecule has 0 amide bonds. The van der Waals surface area contributed by atoms with E-state index in [1.54, 1.807) is 14.0 Å². The average molecular weight is 298 g/mol. The third kappa shape index (κ3) is 2.91. The van der Waals surface area contributed by atoms with Crippen LogP contribution in [0.25, 0.3) is 0 Å². The van der Waals surface area contributed by atoms with Crippen LogP contribution >= 0.6 is 0 Å². The number of carbonyl (C=O) groups excluding carboxylic acids is 1. The summed E-state index contributed by atoms with van der Waals surface area (Å²) in [5.74, 6) is 2.44. The molecule has 2 aromatic carbocycles. The highest BCUT2D eigenvalue weighted by molar-refractivity contribution is 5.77. The Morgan fingerprint density at radius 2 is 1.77 bits per heavy atom. The summed E-state index contributed by atoms with van der Waals surface area (Å²) in [5, 5.41) is 0. The highest BCUT2D eigenvalue weighted by Gasteiger charge is 2.20. The van der Waals surface area contributed by atoms with E-state index in [2.05, 4.69) is 0 Å². The number of ketones is 1. The molecule has 1 heterocycles. The van der Waals surface area contributed by atoms with Crippen molar-refractivity contribution < 1.29 is 19.0 Å². The molecule has 0 saturated heterocycles. The molecule has 114 valence electrons. The minimum atomic E-state index is -0.00194. The van der Waals surface area contributed by atoms with Gasteiger partial charge in [-0.25, -0.2) is 0 Å². The molecular formula is C18H18O4. The minimum Gasteiger partial charge on any atom is -0.497 e. The van der Waals surface area contributed by atoms with E-state index in [4.69, 9.17) is 14.2 Å². The standard InChI is InChI=1S/C18H18O4/c1-12(19)9-16(13-3-6-15(20-2)7-4-13)14-5-8-17-18(10-14)22-11-21-17/h3-8,10,16H,9,11H2,1-2H3/t16-/m0/s1. The number of benzene rings is 2. The van der Waals surface area contributed by atoms with Gasteiger partial charge in [-0.2, -0.15) is 0 Å². The maximum Gasteiger partial charge on any atom is 0.231 e. The molecule has 1 aliphatic heterocycles. The molecule has 0 fully saturated rings. The van der Waals surface area contributed by atoms with Crippen molar-refractivity contribution in [3.63, 3.8) is 0 Å². The van der Waals surface area contributed by atoms with E-state index in [9.17, 15) is 4.79 Å². The maximum atomic E-state index is 11.7. The van der Waals surface area contributed by atoms with Gasteiger partial charge in [0, 0.05) is 12.3 Å². The van der Waals surface area contributed by atoms with E-state index in [0.717, 1.165) is 28.4 Å². The van der Waals surface area contributed by atoms with Gasteiger partial charge in [-0.1, -0.05) is 18.2 Å². The molecule has 0 radical (unpaired) electrons. The van der Waals surface area contributed by atoms with Crippen LogP contribution in [0, 0.1) is 0 Å². The second-order valence-corrected chi connectivity index (χ2v) is 5.34. The Labute approximate surface area is 129 Å². The summed E-state index contributed by atoms with van der Waals surface area (Å²) in [5.41, 5.74) is 2.12. The van der Waals surface area contributed by atoms with Crippen LogP contribution in [0.1, 0.15) is 30.4 Å². The van der Waals surface area contributed by atoms with Crippen LogP contribution in [-0.4, -0.2) is 19.7 Å². The van der Waals surface area contributed by atoms with Gasteiger partial charge in [-0.05, 0) is 42.3 Å². The van der Waals surface area contributed by atoms with Gasteiger partial charge >= 0.3 is 0 Å². The molecule has 3 rings (SSSR count). The maximum absolute atomic E-state index is 11.7. The molecule has 0 saturated carbocycles. The monoisotopic (exact) mass is 298 g/mol. The third-order valence-electron chi connectivity index (χ3n) is 3.81. The lowest BCUT2D eigenvalue weighted by molar-refractivity contribution is -0.117. The first-order valence-electron chi connectivity index (χ1n) is 7.20. The quantitative estimate of drug-likeness (QED) is 0.847. The Hall–Kier alpha value is -2.49. The molecule has 22 heavy (non-hydrogen) atoms. The van der Waals surface area contributed by atoms with E-state index in [-0.39, 0.29) is 18.5 Å². The van der Waals surface area contributed by atoms with Crippen LogP contribution in [0.15, 0.2) is 42.5 Å². The molecule has 0 aromatic heterocycles. The van der Waals surface area contributed by atoms with E-state index < -0.39 is 0 Å². The highest BCUT2D eigenvalue weighted by atomic mass is 16.7. The summed E-state index contributed by atoms with van der Waals surface area (Å²) in [6, 6.07) is 13.7. The predicted molar refractivity (Wildman–Crippen MR) is 82.7 cm³/mol. The first kappa shape index (κ1) is 14.4. The second kappa shape index (κ2) is 6.10. The fourth-order valence-electron chi connectivity index (χ4n) is 2.68. The molecular weight excluding hydrogens is 280 g/mol. The molecule has 0 unspecified atom stereocenters. The molecule has 2 aromatic rings. The molecule has 1 aliphatic rings. The van der Waals surface area contributed by atoms with Crippen molar-refractivity contribution in [1.29, 1.82) is 0 Å². The Balaban J connectivity index is 1.96. The number of carbonyl (C=O) groups is 1. The third-order valence-corrected chi connectivity index (χ3v) is 3.81. The van der Waals surface area contributed by atoms with Crippen LogP contribution in [0.3, 0.4) is 0 Å². The second-order valence-electron chi connectivity index (χ2n) is 5.34. The normalized spacial score (nSPS) is 13.7. The zero-order valence-corrected chi connectivity index (χ0v) is 12.7. The van der Waals surface area contributed by atoms with Crippen molar-refractivity contribution in [1.82, 2.24) is 0 Å². The van der Waals surface area contributed by atoms with Crippen molar-refractivity contribution in [3.05, 3.63) is 53.6 Å². The predicted octanol–water partition coefficient (Wildman–Crippen LogP) is 3.53. The molecule has 0 bridgehead atoms. The van der Waals surface area contributed by atoms with Crippen molar-refractivity contribution in [2.45, 2.75) is 19.3 Å². The van der Waals surface area contributed by atoms with Gasteiger partial charge in [0.05, 0.1) is 7.11 Å². The number of hydrogen-bond donors (Lipinski definition) is 0. The summed E-state index contributed by atoms with van der Waals surface area (Å²) >= 11 is 0. The number of ether oxygens (including phenoxy) is 3. The Kier molecular flexibility index (Phi) is 4.00. The Morgan fingerprint density at radius 3 is 2.45 bits per heavy atom. The van der Waals surface area contributed by atoms with E-state index in [1.807, 2.05) is 42.5 Å². The lowest BCUT2D eigenvalue weighted by atomic mass is 9.87. The fraction of sp³-hybridized carbons (Fsp3) is 0.278. The van der Waals surface area contributed by atoms with E-state index in [0.29, 0.717) is 6.42 Å². The fourth-order valence-corrected chi connectivity index (χ4v) is 2.68. The topological polar surface area (TPSA) is 44.8 Å². The SMILES string of the molecule is COc1ccc([C@H](CC(C)=O)c2ccc3c(c2)OCO3)cc1. The summed E-state index contributed by atoms with van der Waals surface area (Å²) in [6.45, 7) is 1.86. The molecule has 4 heteroatoms. The number of methoxy groups -OCH3 is 1. The molecule has 0 aliphatic carbocycles. The lowest BCUT2D eigenvalue weighted by Crippen LogP contribution is -2.06. The van der Waals surface area contributed by atoms with E-state index in [1.165, 1.54) is 0 Å². The minimum absolute atomic E-state index is 0.00194. The summed E-state index contributed by atoms with van der Waals surface area (Å²) in [6.07, 6.45) is 0.450. The van der Waals surface area contributed by atoms with Crippen LogP contribution < -0.4 is 14.2 Å². The lowest BCUT2D eigenvalue weighted by Gasteiger charge is -2.17. The largest absolute Gasteiger partial charge is 0.497 e. The Morgan fingerprint density at radius 1 is 1.09 bits per heavy atom. The molecule has 1 atom stereocenters.